The van der Waals surface area contributed by atoms with Crippen molar-refractivity contribution in [2.45, 2.75) is 39.1 Å². The standard InChI is InChI=1S/C22H24O7/c1-12-6-8-17-16(10-12)21(27-13(2)23)22(28-14(3)24)20(29-17)15-7-9-18(25-4)19(11-15)26-5/h6-11,20-22H,1-5H3/t20-,21+,22-/m1/s1. The van der Waals surface area contributed by atoms with Crippen molar-refractivity contribution < 1.29 is 33.3 Å². The van der Waals surface area contributed by atoms with Crippen LogP contribution in [-0.2, 0) is 19.1 Å². The summed E-state index contributed by atoms with van der Waals surface area (Å²) in [6, 6.07) is 10.9. The Hall–Kier alpha value is -3.22. The monoisotopic (exact) mass is 400 g/mol. The second kappa shape index (κ2) is 8.43. The minimum Gasteiger partial charge on any atom is -0.493 e. The molecule has 0 bridgehead atoms. The number of methoxy groups -OCH3 is 2. The van der Waals surface area contributed by atoms with E-state index in [9.17, 15) is 9.59 Å². The lowest BCUT2D eigenvalue weighted by Crippen LogP contribution is -2.39. The van der Waals surface area contributed by atoms with Crippen molar-refractivity contribution in [2.24, 2.45) is 0 Å². The number of aryl methyl sites for hydroxylation is 1. The number of carbonyl (C=O) groups excluding carboxylic acids is 2. The van der Waals surface area contributed by atoms with Crippen LogP contribution in [0.25, 0.3) is 0 Å². The fourth-order valence-corrected chi connectivity index (χ4v) is 3.45. The molecule has 3 atom stereocenters. The Bertz CT molecular complexity index is 921. The Labute approximate surface area is 169 Å². The van der Waals surface area contributed by atoms with Gasteiger partial charge in [-0.1, -0.05) is 17.7 Å². The van der Waals surface area contributed by atoms with E-state index in [2.05, 4.69) is 0 Å². The molecule has 1 aliphatic rings. The van der Waals surface area contributed by atoms with Gasteiger partial charge < -0.3 is 23.7 Å². The highest BCUT2D eigenvalue weighted by Crippen LogP contribution is 2.46. The van der Waals surface area contributed by atoms with Gasteiger partial charge in [0.25, 0.3) is 0 Å². The van der Waals surface area contributed by atoms with Crippen LogP contribution in [0.3, 0.4) is 0 Å². The van der Waals surface area contributed by atoms with Gasteiger partial charge in [-0.2, -0.15) is 0 Å². The fourth-order valence-electron chi connectivity index (χ4n) is 3.45. The van der Waals surface area contributed by atoms with Crippen molar-refractivity contribution in [3.63, 3.8) is 0 Å². The van der Waals surface area contributed by atoms with Gasteiger partial charge in [-0.15, -0.1) is 0 Å². The van der Waals surface area contributed by atoms with Crippen LogP contribution in [0.15, 0.2) is 36.4 Å². The number of rotatable bonds is 5. The van der Waals surface area contributed by atoms with E-state index in [1.807, 2.05) is 25.1 Å². The Morgan fingerprint density at radius 3 is 2.21 bits per heavy atom. The summed E-state index contributed by atoms with van der Waals surface area (Å²) in [5.74, 6) is 0.646. The van der Waals surface area contributed by atoms with E-state index in [1.54, 1.807) is 25.3 Å². The van der Waals surface area contributed by atoms with E-state index < -0.39 is 30.3 Å². The third-order valence-electron chi connectivity index (χ3n) is 4.65. The first-order chi connectivity index (χ1) is 13.8. The molecule has 0 saturated heterocycles. The van der Waals surface area contributed by atoms with E-state index in [1.165, 1.54) is 21.0 Å². The van der Waals surface area contributed by atoms with Crippen LogP contribution >= 0.6 is 0 Å². The SMILES string of the molecule is COc1ccc([C@H]2Oc3ccc(C)cc3[C@H](OC(C)=O)[C@@H]2OC(C)=O)cc1OC. The summed E-state index contributed by atoms with van der Waals surface area (Å²) in [5, 5.41) is 0. The van der Waals surface area contributed by atoms with Gasteiger partial charge in [0, 0.05) is 25.0 Å². The zero-order valence-electron chi connectivity index (χ0n) is 17.1. The molecule has 0 spiro atoms. The van der Waals surface area contributed by atoms with Crippen LogP contribution in [0, 0.1) is 6.92 Å². The number of fused-ring (bicyclic) bond motifs is 1. The van der Waals surface area contributed by atoms with Crippen molar-refractivity contribution in [1.82, 2.24) is 0 Å². The van der Waals surface area contributed by atoms with Crippen molar-refractivity contribution >= 4 is 11.9 Å². The highest BCUT2D eigenvalue weighted by molar-refractivity contribution is 5.68. The lowest BCUT2D eigenvalue weighted by atomic mass is 9.90. The van der Waals surface area contributed by atoms with E-state index >= 15 is 0 Å². The third kappa shape index (κ3) is 4.29. The molecule has 2 aromatic carbocycles. The van der Waals surface area contributed by atoms with Gasteiger partial charge in [0.15, 0.2) is 29.8 Å². The summed E-state index contributed by atoms with van der Waals surface area (Å²) in [7, 11) is 3.08. The van der Waals surface area contributed by atoms with Crippen LogP contribution < -0.4 is 14.2 Å². The predicted octanol–water partition coefficient (Wildman–Crippen LogP) is 3.68. The molecular formula is C22H24O7. The van der Waals surface area contributed by atoms with Gasteiger partial charge in [-0.05, 0) is 31.2 Å². The molecule has 2 aromatic rings. The molecular weight excluding hydrogens is 376 g/mol. The van der Waals surface area contributed by atoms with Gasteiger partial charge in [0.1, 0.15) is 5.75 Å². The molecule has 0 unspecified atom stereocenters. The predicted molar refractivity (Wildman–Crippen MR) is 104 cm³/mol. The fraction of sp³-hybridized carbons (Fsp3) is 0.364. The summed E-state index contributed by atoms with van der Waals surface area (Å²) in [6.45, 7) is 4.55. The summed E-state index contributed by atoms with van der Waals surface area (Å²) in [6.07, 6.45) is -2.39. The van der Waals surface area contributed by atoms with Crippen LogP contribution in [0.1, 0.15) is 42.7 Å². The Balaban J connectivity index is 2.13. The van der Waals surface area contributed by atoms with E-state index in [4.69, 9.17) is 23.7 Å². The first kappa shape index (κ1) is 20.5. The van der Waals surface area contributed by atoms with Crippen LogP contribution in [0.4, 0.5) is 0 Å². The van der Waals surface area contributed by atoms with Crippen molar-refractivity contribution in [3.05, 3.63) is 53.1 Å². The summed E-state index contributed by atoms with van der Waals surface area (Å²) >= 11 is 0. The van der Waals surface area contributed by atoms with Gasteiger partial charge in [-0.3, -0.25) is 9.59 Å². The van der Waals surface area contributed by atoms with Crippen LogP contribution in [-0.4, -0.2) is 32.3 Å². The molecule has 0 amide bonds. The molecule has 0 aromatic heterocycles. The molecule has 7 heteroatoms. The zero-order valence-corrected chi connectivity index (χ0v) is 17.1. The lowest BCUT2D eigenvalue weighted by molar-refractivity contribution is -0.178. The molecule has 0 aliphatic carbocycles. The Kier molecular flexibility index (Phi) is 5.96. The van der Waals surface area contributed by atoms with Crippen molar-refractivity contribution in [3.8, 4) is 17.2 Å². The quantitative estimate of drug-likeness (QED) is 0.708. The Morgan fingerprint density at radius 1 is 0.897 bits per heavy atom. The summed E-state index contributed by atoms with van der Waals surface area (Å²) in [4.78, 5) is 23.7. The largest absolute Gasteiger partial charge is 0.493 e. The maximum atomic E-state index is 11.9. The summed E-state index contributed by atoms with van der Waals surface area (Å²) < 4.78 is 28.1. The Morgan fingerprint density at radius 2 is 1.59 bits per heavy atom. The smallest absolute Gasteiger partial charge is 0.303 e. The highest BCUT2D eigenvalue weighted by atomic mass is 16.6. The van der Waals surface area contributed by atoms with Crippen molar-refractivity contribution in [2.75, 3.05) is 14.2 Å². The minimum absolute atomic E-state index is 0.479. The van der Waals surface area contributed by atoms with Gasteiger partial charge in [0.05, 0.1) is 14.2 Å². The maximum absolute atomic E-state index is 11.9. The maximum Gasteiger partial charge on any atom is 0.303 e. The van der Waals surface area contributed by atoms with Gasteiger partial charge in [0.2, 0.25) is 0 Å². The molecule has 0 radical (unpaired) electrons. The van der Waals surface area contributed by atoms with E-state index in [-0.39, 0.29) is 0 Å². The second-order valence-corrected chi connectivity index (χ2v) is 6.80. The molecule has 0 fully saturated rings. The average molecular weight is 400 g/mol. The summed E-state index contributed by atoms with van der Waals surface area (Å²) in [5.41, 5.74) is 2.32. The number of hydrogen-bond donors (Lipinski definition) is 0. The third-order valence-corrected chi connectivity index (χ3v) is 4.65. The molecule has 7 nitrogen and oxygen atoms in total. The molecule has 0 N–H and O–H groups in total. The highest BCUT2D eigenvalue weighted by Gasteiger charge is 2.44. The molecule has 3 rings (SSSR count). The van der Waals surface area contributed by atoms with E-state index in [0.717, 1.165) is 5.56 Å². The molecule has 29 heavy (non-hydrogen) atoms. The van der Waals surface area contributed by atoms with Gasteiger partial charge in [-0.25, -0.2) is 0 Å². The number of carbonyl (C=O) groups is 2. The lowest BCUT2D eigenvalue weighted by Gasteiger charge is -2.38. The number of benzene rings is 2. The van der Waals surface area contributed by atoms with Gasteiger partial charge >= 0.3 is 11.9 Å². The average Bonchev–Trinajstić information content (AvgIpc) is 2.68. The van der Waals surface area contributed by atoms with Crippen LogP contribution in [0.5, 0.6) is 17.2 Å². The first-order valence-corrected chi connectivity index (χ1v) is 9.17. The first-order valence-electron chi connectivity index (χ1n) is 9.17. The number of hydrogen-bond acceptors (Lipinski definition) is 7. The molecule has 1 aliphatic heterocycles. The second-order valence-electron chi connectivity index (χ2n) is 6.80. The topological polar surface area (TPSA) is 80.3 Å². The minimum atomic E-state index is -0.871. The number of esters is 2. The molecule has 154 valence electrons. The molecule has 0 saturated carbocycles. The van der Waals surface area contributed by atoms with Crippen molar-refractivity contribution in [1.29, 1.82) is 0 Å². The number of ether oxygens (including phenoxy) is 5. The zero-order chi connectivity index (χ0) is 21.1. The molecule has 1 heterocycles. The normalized spacial score (nSPS) is 20.1. The van der Waals surface area contributed by atoms with Crippen LogP contribution in [0.2, 0.25) is 0 Å². The van der Waals surface area contributed by atoms with E-state index in [0.29, 0.717) is 28.4 Å².